The Balaban J connectivity index is 1.41. The summed E-state index contributed by atoms with van der Waals surface area (Å²) in [5.41, 5.74) is 3.19. The molecule has 3 fully saturated rings. The number of fused-ring (bicyclic) bond motifs is 1. The van der Waals surface area contributed by atoms with Crippen molar-refractivity contribution in [3.63, 3.8) is 0 Å². The number of likely N-dealkylation sites (tertiary alicyclic amines) is 2. The van der Waals surface area contributed by atoms with Crippen LogP contribution in [0, 0.1) is 12.3 Å². The van der Waals surface area contributed by atoms with E-state index in [0.717, 1.165) is 68.3 Å². The number of aromatic nitrogens is 1. The molecular weight excluding hydrogens is 350 g/mol. The lowest BCUT2D eigenvalue weighted by Gasteiger charge is -2.48. The van der Waals surface area contributed by atoms with Crippen LogP contribution in [0.15, 0.2) is 24.3 Å². The second-order valence-corrected chi connectivity index (χ2v) is 9.18. The molecule has 1 aromatic carbocycles. The number of carbonyl (C=O) groups excluding carboxylic acids is 2. The molecule has 3 heterocycles. The van der Waals surface area contributed by atoms with Gasteiger partial charge in [0.1, 0.15) is 5.69 Å². The van der Waals surface area contributed by atoms with Gasteiger partial charge in [-0.05, 0) is 50.7 Å². The van der Waals surface area contributed by atoms with Crippen molar-refractivity contribution in [1.82, 2.24) is 14.4 Å². The van der Waals surface area contributed by atoms with Crippen LogP contribution in [-0.2, 0) is 11.8 Å². The van der Waals surface area contributed by atoms with Gasteiger partial charge in [0.25, 0.3) is 5.91 Å². The molecule has 2 saturated heterocycles. The summed E-state index contributed by atoms with van der Waals surface area (Å²) in [7, 11) is 2.00. The summed E-state index contributed by atoms with van der Waals surface area (Å²) in [6, 6.07) is 8.73. The third-order valence-electron chi connectivity index (χ3n) is 7.11. The minimum Gasteiger partial charge on any atom is -0.339 e. The maximum atomic E-state index is 13.4. The topological polar surface area (TPSA) is 45.6 Å². The molecule has 1 spiro atoms. The zero-order chi connectivity index (χ0) is 19.5. The third-order valence-corrected chi connectivity index (χ3v) is 7.11. The molecule has 0 bridgehead atoms. The largest absolute Gasteiger partial charge is 0.339 e. The zero-order valence-corrected chi connectivity index (χ0v) is 16.9. The molecule has 0 unspecified atom stereocenters. The molecule has 0 radical (unpaired) electrons. The smallest absolute Gasteiger partial charge is 0.270 e. The maximum Gasteiger partial charge on any atom is 0.270 e. The van der Waals surface area contributed by atoms with Crippen molar-refractivity contribution in [2.45, 2.75) is 51.5 Å². The number of aryl methyl sites for hydroxylation is 2. The monoisotopic (exact) mass is 379 g/mol. The van der Waals surface area contributed by atoms with Crippen LogP contribution in [0.4, 0.5) is 0 Å². The summed E-state index contributed by atoms with van der Waals surface area (Å²) in [4.78, 5) is 30.0. The summed E-state index contributed by atoms with van der Waals surface area (Å²) in [5.74, 6) is 0.452. The zero-order valence-electron chi connectivity index (χ0n) is 16.9. The van der Waals surface area contributed by atoms with Crippen LogP contribution in [-0.4, -0.2) is 51.9 Å². The average Bonchev–Trinajstić information content (AvgIpc) is 3.47. The van der Waals surface area contributed by atoms with E-state index in [-0.39, 0.29) is 11.3 Å². The molecule has 3 aliphatic rings. The molecule has 1 aliphatic carbocycles. The molecule has 1 atom stereocenters. The first-order valence-corrected chi connectivity index (χ1v) is 10.6. The predicted molar refractivity (Wildman–Crippen MR) is 109 cm³/mol. The number of nitrogens with zero attached hydrogens (tertiary/aromatic N) is 3. The van der Waals surface area contributed by atoms with Crippen molar-refractivity contribution < 1.29 is 9.59 Å². The van der Waals surface area contributed by atoms with Gasteiger partial charge in [0.2, 0.25) is 5.91 Å². The van der Waals surface area contributed by atoms with E-state index >= 15 is 0 Å². The minimum absolute atomic E-state index is 0.0882. The fraction of sp³-hybridized carbons (Fsp3) is 0.565. The van der Waals surface area contributed by atoms with Gasteiger partial charge in [-0.25, -0.2) is 0 Å². The number of benzene rings is 1. The molecule has 148 valence electrons. The van der Waals surface area contributed by atoms with Crippen LogP contribution >= 0.6 is 0 Å². The molecule has 2 aliphatic heterocycles. The van der Waals surface area contributed by atoms with Crippen molar-refractivity contribution in [2.24, 2.45) is 12.5 Å². The van der Waals surface area contributed by atoms with Gasteiger partial charge in [-0.15, -0.1) is 0 Å². The maximum absolute atomic E-state index is 13.4. The van der Waals surface area contributed by atoms with Crippen molar-refractivity contribution in [1.29, 1.82) is 0 Å². The van der Waals surface area contributed by atoms with Crippen LogP contribution in [0.25, 0.3) is 10.9 Å². The predicted octanol–water partition coefficient (Wildman–Crippen LogP) is 3.49. The lowest BCUT2D eigenvalue weighted by atomic mass is 9.73. The first-order chi connectivity index (χ1) is 13.5. The van der Waals surface area contributed by atoms with Gasteiger partial charge in [-0.2, -0.15) is 0 Å². The second kappa shape index (κ2) is 6.36. The lowest BCUT2D eigenvalue weighted by molar-refractivity contribution is -0.139. The number of amides is 2. The summed E-state index contributed by atoms with van der Waals surface area (Å²) >= 11 is 0. The Morgan fingerprint density at radius 3 is 2.75 bits per heavy atom. The number of hydrogen-bond acceptors (Lipinski definition) is 2. The highest BCUT2D eigenvalue weighted by atomic mass is 16.2. The third kappa shape index (κ3) is 2.83. The van der Waals surface area contributed by atoms with Crippen molar-refractivity contribution in [2.75, 3.05) is 19.6 Å². The molecule has 2 amide bonds. The highest BCUT2D eigenvalue weighted by Crippen LogP contribution is 2.42. The van der Waals surface area contributed by atoms with E-state index in [2.05, 4.69) is 28.5 Å². The van der Waals surface area contributed by atoms with Crippen molar-refractivity contribution >= 4 is 22.7 Å². The molecule has 5 heteroatoms. The fourth-order valence-corrected chi connectivity index (χ4v) is 5.47. The van der Waals surface area contributed by atoms with E-state index in [0.29, 0.717) is 18.4 Å². The Labute approximate surface area is 166 Å². The van der Waals surface area contributed by atoms with Gasteiger partial charge >= 0.3 is 0 Å². The van der Waals surface area contributed by atoms with Gasteiger partial charge in [0.05, 0.1) is 5.52 Å². The Kier molecular flexibility index (Phi) is 4.04. The summed E-state index contributed by atoms with van der Waals surface area (Å²) in [6.07, 6.45) is 6.03. The van der Waals surface area contributed by atoms with Gasteiger partial charge < -0.3 is 14.4 Å². The summed E-state index contributed by atoms with van der Waals surface area (Å²) in [5, 5.41) is 1.13. The van der Waals surface area contributed by atoms with Crippen LogP contribution < -0.4 is 0 Å². The molecule has 2 aromatic rings. The van der Waals surface area contributed by atoms with Crippen molar-refractivity contribution in [3.8, 4) is 0 Å². The van der Waals surface area contributed by atoms with Crippen LogP contribution in [0.5, 0.6) is 0 Å². The molecule has 28 heavy (non-hydrogen) atoms. The van der Waals surface area contributed by atoms with E-state index in [1.807, 2.05) is 24.1 Å². The van der Waals surface area contributed by atoms with Gasteiger partial charge in [-0.1, -0.05) is 18.2 Å². The van der Waals surface area contributed by atoms with E-state index in [1.54, 1.807) is 0 Å². The molecular formula is C23H29N3O2. The summed E-state index contributed by atoms with van der Waals surface area (Å²) in [6.45, 7) is 4.54. The van der Waals surface area contributed by atoms with Crippen LogP contribution in [0.3, 0.4) is 0 Å². The summed E-state index contributed by atoms with van der Waals surface area (Å²) < 4.78 is 2.05. The first-order valence-electron chi connectivity index (χ1n) is 10.6. The number of rotatable bonds is 2. The van der Waals surface area contributed by atoms with Crippen LogP contribution in [0.1, 0.15) is 54.6 Å². The lowest BCUT2D eigenvalue weighted by Crippen LogP contribution is -2.55. The second-order valence-electron chi connectivity index (χ2n) is 9.18. The van der Waals surface area contributed by atoms with E-state index in [1.165, 1.54) is 5.56 Å². The first kappa shape index (κ1) is 17.8. The Bertz CT molecular complexity index is 958. The minimum atomic E-state index is 0.0882. The molecule has 1 saturated carbocycles. The highest BCUT2D eigenvalue weighted by Gasteiger charge is 2.46. The Morgan fingerprint density at radius 2 is 2.00 bits per heavy atom. The highest BCUT2D eigenvalue weighted by molar-refractivity contribution is 5.99. The number of piperidine rings is 2. The number of hydrogen-bond donors (Lipinski definition) is 0. The molecule has 1 aromatic heterocycles. The average molecular weight is 380 g/mol. The van der Waals surface area contributed by atoms with Gasteiger partial charge in [0.15, 0.2) is 0 Å². The quantitative estimate of drug-likeness (QED) is 0.802. The molecule has 0 N–H and O–H groups in total. The van der Waals surface area contributed by atoms with Gasteiger partial charge in [-0.3, -0.25) is 9.59 Å². The van der Waals surface area contributed by atoms with Crippen molar-refractivity contribution in [3.05, 3.63) is 35.5 Å². The normalized spacial score (nSPS) is 25.7. The van der Waals surface area contributed by atoms with E-state index < -0.39 is 0 Å². The van der Waals surface area contributed by atoms with E-state index in [4.69, 9.17) is 0 Å². The number of carbonyl (C=O) groups is 2. The van der Waals surface area contributed by atoms with Crippen LogP contribution in [0.2, 0.25) is 0 Å². The van der Waals surface area contributed by atoms with Gasteiger partial charge in [0, 0.05) is 49.9 Å². The van der Waals surface area contributed by atoms with E-state index in [9.17, 15) is 9.59 Å². The fourth-order valence-electron chi connectivity index (χ4n) is 5.47. The number of para-hydroxylation sites is 1. The molecule has 5 nitrogen and oxygen atoms in total. The SMILES string of the molecule is Cc1cccc2cc(C(=O)N3CCC[C@@]4(CCC(=O)N(C5CC5)C4)C3)n(C)c12. The Morgan fingerprint density at radius 1 is 1.18 bits per heavy atom. The standard InChI is InChI=1S/C23H29N3O2/c1-16-5-3-6-17-13-19(24(2)21(16)17)22(28)25-12-4-10-23(14-25)11-9-20(27)26(15-23)18-7-8-18/h3,5-6,13,18H,4,7-12,14-15H2,1-2H3/t23-/m1/s1. The molecule has 5 rings (SSSR count). The Hall–Kier alpha value is -2.30.